The second-order valence-corrected chi connectivity index (χ2v) is 7.30. The summed E-state index contributed by atoms with van der Waals surface area (Å²) in [6.45, 7) is 3.78. The summed E-state index contributed by atoms with van der Waals surface area (Å²) in [6.07, 6.45) is 1.73. The van der Waals surface area contributed by atoms with Gasteiger partial charge in [-0.15, -0.1) is 0 Å². The van der Waals surface area contributed by atoms with Gasteiger partial charge in [-0.2, -0.15) is 5.26 Å². The highest BCUT2D eigenvalue weighted by atomic mass is 19.1. The molecule has 0 bridgehead atoms. The molecule has 0 fully saturated rings. The van der Waals surface area contributed by atoms with Gasteiger partial charge >= 0.3 is 0 Å². The minimum Gasteiger partial charge on any atom is -0.440 e. The maximum absolute atomic E-state index is 14.7. The van der Waals surface area contributed by atoms with E-state index < -0.39 is 11.7 Å². The van der Waals surface area contributed by atoms with Crippen LogP contribution in [0.15, 0.2) is 76.9 Å². The van der Waals surface area contributed by atoms with Gasteiger partial charge in [-0.1, -0.05) is 43.3 Å². The van der Waals surface area contributed by atoms with Crippen LogP contribution >= 0.6 is 0 Å². The lowest BCUT2D eigenvalue weighted by molar-refractivity contribution is 0.238. The van der Waals surface area contributed by atoms with Gasteiger partial charge in [-0.05, 0) is 30.3 Å². The zero-order valence-electron chi connectivity index (χ0n) is 16.5. The molecule has 0 aromatic heterocycles. The number of likely N-dealkylation sites (N-methyl/N-ethyl adjacent to an activating group) is 1. The van der Waals surface area contributed by atoms with Gasteiger partial charge in [0.05, 0.1) is 5.92 Å². The van der Waals surface area contributed by atoms with Crippen molar-refractivity contribution in [1.29, 1.82) is 5.26 Å². The fraction of sp³-hybridized carbons (Fsp3) is 0.208. The first-order valence-electron chi connectivity index (χ1n) is 9.76. The Labute approximate surface area is 174 Å². The van der Waals surface area contributed by atoms with Crippen molar-refractivity contribution in [3.8, 4) is 6.07 Å². The minimum atomic E-state index is -0.654. The van der Waals surface area contributed by atoms with Crippen LogP contribution in [0.1, 0.15) is 24.0 Å². The molecule has 4 rings (SSSR count). The van der Waals surface area contributed by atoms with E-state index in [1.54, 1.807) is 42.5 Å². The molecular formula is C24H21F2N3O. The van der Waals surface area contributed by atoms with Crippen LogP contribution in [-0.2, 0) is 4.74 Å². The molecule has 2 aromatic carbocycles. The van der Waals surface area contributed by atoms with Crippen LogP contribution in [0, 0.1) is 23.0 Å². The number of ether oxygens (including phenoxy) is 1. The van der Waals surface area contributed by atoms with Crippen LogP contribution in [0.25, 0.3) is 6.08 Å². The van der Waals surface area contributed by atoms with Crippen LogP contribution in [0.4, 0.5) is 8.78 Å². The molecule has 0 spiro atoms. The van der Waals surface area contributed by atoms with Crippen molar-refractivity contribution in [2.24, 2.45) is 5.73 Å². The summed E-state index contributed by atoms with van der Waals surface area (Å²) in [5, 5.41) is 9.74. The molecule has 2 N–H and O–H groups in total. The van der Waals surface area contributed by atoms with Crippen LogP contribution in [0.3, 0.4) is 0 Å². The van der Waals surface area contributed by atoms with Gasteiger partial charge in [-0.3, -0.25) is 4.90 Å². The van der Waals surface area contributed by atoms with Crippen molar-refractivity contribution in [3.63, 3.8) is 0 Å². The van der Waals surface area contributed by atoms with E-state index in [0.29, 0.717) is 30.0 Å². The molecule has 2 aromatic rings. The molecule has 4 nitrogen and oxygen atoms in total. The van der Waals surface area contributed by atoms with Crippen molar-refractivity contribution in [3.05, 3.63) is 99.7 Å². The average molecular weight is 405 g/mol. The lowest BCUT2D eigenvalue weighted by atomic mass is 9.80. The monoisotopic (exact) mass is 405 g/mol. The summed E-state index contributed by atoms with van der Waals surface area (Å²) in [4.78, 5) is 2.14. The lowest BCUT2D eigenvalue weighted by Crippen LogP contribution is -2.38. The normalized spacial score (nSPS) is 20.7. The number of rotatable bonds is 3. The molecular weight excluding hydrogens is 384 g/mol. The number of nitrogens with zero attached hydrogens (tertiary/aromatic N) is 2. The van der Waals surface area contributed by atoms with E-state index in [1.165, 1.54) is 12.1 Å². The summed E-state index contributed by atoms with van der Waals surface area (Å²) in [5.41, 5.74) is 8.56. The zero-order valence-corrected chi connectivity index (χ0v) is 16.5. The van der Waals surface area contributed by atoms with Crippen LogP contribution < -0.4 is 5.73 Å². The Morgan fingerprint density at radius 3 is 2.50 bits per heavy atom. The van der Waals surface area contributed by atoms with E-state index in [0.717, 1.165) is 17.7 Å². The Kier molecular flexibility index (Phi) is 5.39. The van der Waals surface area contributed by atoms with Crippen molar-refractivity contribution < 1.29 is 13.5 Å². The fourth-order valence-electron chi connectivity index (χ4n) is 4.01. The number of halogens is 2. The Morgan fingerprint density at radius 1 is 1.13 bits per heavy atom. The first kappa shape index (κ1) is 19.9. The third-order valence-corrected chi connectivity index (χ3v) is 5.50. The number of benzene rings is 2. The molecule has 0 saturated carbocycles. The largest absolute Gasteiger partial charge is 0.440 e. The molecule has 2 heterocycles. The highest BCUT2D eigenvalue weighted by molar-refractivity contribution is 5.63. The number of nitriles is 1. The molecule has 0 aliphatic carbocycles. The molecule has 0 saturated heterocycles. The van der Waals surface area contributed by atoms with Crippen LogP contribution in [-0.4, -0.2) is 24.5 Å². The summed E-state index contributed by atoms with van der Waals surface area (Å²) in [5.74, 6) is -0.964. The highest BCUT2D eigenvalue weighted by Gasteiger charge is 2.38. The Morgan fingerprint density at radius 2 is 1.83 bits per heavy atom. The van der Waals surface area contributed by atoms with E-state index >= 15 is 0 Å². The second kappa shape index (κ2) is 8.13. The third-order valence-electron chi connectivity index (χ3n) is 5.50. The van der Waals surface area contributed by atoms with E-state index in [9.17, 15) is 14.0 Å². The van der Waals surface area contributed by atoms with Crippen molar-refractivity contribution >= 4 is 6.08 Å². The maximum Gasteiger partial charge on any atom is 0.205 e. The van der Waals surface area contributed by atoms with Gasteiger partial charge < -0.3 is 10.5 Å². The quantitative estimate of drug-likeness (QED) is 0.820. The van der Waals surface area contributed by atoms with E-state index in [4.69, 9.17) is 10.5 Å². The lowest BCUT2D eigenvalue weighted by Gasteiger charge is -2.38. The van der Waals surface area contributed by atoms with Gasteiger partial charge in [0.25, 0.3) is 0 Å². The van der Waals surface area contributed by atoms with Crippen LogP contribution in [0.5, 0.6) is 0 Å². The van der Waals surface area contributed by atoms with Crippen LogP contribution in [0.2, 0.25) is 0 Å². The van der Waals surface area contributed by atoms with Crippen molar-refractivity contribution in [1.82, 2.24) is 4.90 Å². The Hall–Kier alpha value is -3.43. The first-order valence-corrected chi connectivity index (χ1v) is 9.76. The fourth-order valence-corrected chi connectivity index (χ4v) is 4.01. The number of allylic oxidation sites excluding steroid dienone is 1. The molecule has 0 unspecified atom stereocenters. The highest BCUT2D eigenvalue weighted by Crippen LogP contribution is 2.44. The van der Waals surface area contributed by atoms with Gasteiger partial charge in [-0.25, -0.2) is 8.78 Å². The Bertz CT molecular complexity index is 1130. The molecule has 30 heavy (non-hydrogen) atoms. The van der Waals surface area contributed by atoms with Crippen molar-refractivity contribution in [2.75, 3.05) is 19.6 Å². The van der Waals surface area contributed by atoms with Gasteiger partial charge in [0.2, 0.25) is 5.88 Å². The molecule has 0 amide bonds. The van der Waals surface area contributed by atoms with E-state index in [-0.39, 0.29) is 17.3 Å². The predicted molar refractivity (Wildman–Crippen MR) is 111 cm³/mol. The maximum atomic E-state index is 14.7. The summed E-state index contributed by atoms with van der Waals surface area (Å²) >= 11 is 0. The number of nitrogens with two attached hydrogens (primary N) is 1. The minimum absolute atomic E-state index is 0.0473. The number of hydrogen-bond donors (Lipinski definition) is 1. The average Bonchev–Trinajstić information content (AvgIpc) is 2.75. The predicted octanol–water partition coefficient (Wildman–Crippen LogP) is 4.45. The van der Waals surface area contributed by atoms with E-state index in [1.807, 2.05) is 6.92 Å². The summed E-state index contributed by atoms with van der Waals surface area (Å²) in [7, 11) is 0. The molecule has 6 heteroatoms. The van der Waals surface area contributed by atoms with Gasteiger partial charge in [0.15, 0.2) is 0 Å². The van der Waals surface area contributed by atoms with Crippen molar-refractivity contribution in [2.45, 2.75) is 12.8 Å². The standard InChI is InChI=1S/C24H21F2N3O/c1-2-29-13-16(11-15-7-3-5-9-20(15)25)23-19(14-29)22(18(12-27)24(28)30-23)17-8-4-6-10-21(17)26/h3-11,22H,2,13-14,28H2,1H3/b16-11-/t22-/m0/s1. The Balaban J connectivity index is 1.92. The molecule has 2 aliphatic rings. The van der Waals surface area contributed by atoms with Gasteiger partial charge in [0.1, 0.15) is 29.0 Å². The molecule has 2 aliphatic heterocycles. The van der Waals surface area contributed by atoms with E-state index in [2.05, 4.69) is 11.0 Å². The zero-order chi connectivity index (χ0) is 21.3. The summed E-state index contributed by atoms with van der Waals surface area (Å²) < 4.78 is 34.9. The molecule has 152 valence electrons. The summed E-state index contributed by atoms with van der Waals surface area (Å²) in [6, 6.07) is 14.9. The SMILES string of the molecule is CCN1CC2=C(OC(N)=C(C#N)[C@@H]2c2ccccc2F)/C(=C\c2ccccc2F)C1. The topological polar surface area (TPSA) is 62.3 Å². The smallest absolute Gasteiger partial charge is 0.205 e. The molecule has 0 radical (unpaired) electrons. The molecule has 1 atom stereocenters. The number of hydrogen-bond acceptors (Lipinski definition) is 4. The third kappa shape index (κ3) is 3.49. The first-order chi connectivity index (χ1) is 14.5. The van der Waals surface area contributed by atoms with Gasteiger partial charge in [0, 0.05) is 29.8 Å². The second-order valence-electron chi connectivity index (χ2n) is 7.30.